The molecule has 1 N–H and O–H groups in total. The molecule has 0 aliphatic heterocycles. The summed E-state index contributed by atoms with van der Waals surface area (Å²) in [7, 11) is -3.71. The molecule has 0 fully saturated rings. The van der Waals surface area contributed by atoms with Gasteiger partial charge in [0.15, 0.2) is 20.8 Å². The minimum absolute atomic E-state index is 0.0150. The molecule has 1 amide bonds. The minimum Gasteiger partial charge on any atom is -0.301 e. The largest absolute Gasteiger partial charge is 0.301 e. The predicted octanol–water partition coefficient (Wildman–Crippen LogP) is 2.71. The maximum atomic E-state index is 12.2. The van der Waals surface area contributed by atoms with Crippen LogP contribution in [0.1, 0.15) is 35.6 Å². The molecule has 1 aromatic heterocycles. The van der Waals surface area contributed by atoms with Crippen molar-refractivity contribution in [1.82, 2.24) is 4.98 Å². The zero-order valence-electron chi connectivity index (χ0n) is 13.9. The number of hydrogen-bond donors (Lipinski definition) is 1. The Kier molecular flexibility index (Phi) is 4.51. The molecule has 8 heteroatoms. The lowest BCUT2D eigenvalue weighted by Crippen LogP contribution is -2.26. The molecule has 1 aliphatic carbocycles. The summed E-state index contributed by atoms with van der Waals surface area (Å²) < 4.78 is 24.5. The quantitative estimate of drug-likeness (QED) is 0.883. The van der Waals surface area contributed by atoms with Crippen LogP contribution in [0.3, 0.4) is 0 Å². The van der Waals surface area contributed by atoms with E-state index in [0.29, 0.717) is 23.4 Å². The lowest BCUT2D eigenvalue weighted by atomic mass is 9.78. The second-order valence-corrected chi connectivity index (χ2v) is 9.84. The Morgan fingerprint density at radius 3 is 2.60 bits per heavy atom. The molecule has 25 heavy (non-hydrogen) atoms. The van der Waals surface area contributed by atoms with Crippen LogP contribution in [0, 0.1) is 5.41 Å². The number of nitrogens with one attached hydrogen (secondary N) is 1. The summed E-state index contributed by atoms with van der Waals surface area (Å²) in [6.07, 6.45) is 1.10. The molecule has 1 heterocycles. The van der Waals surface area contributed by atoms with E-state index >= 15 is 0 Å². The van der Waals surface area contributed by atoms with Gasteiger partial charge in [0.25, 0.3) is 0 Å². The molecule has 0 bridgehead atoms. The van der Waals surface area contributed by atoms with Crippen LogP contribution in [0.2, 0.25) is 0 Å². The Balaban J connectivity index is 1.74. The average Bonchev–Trinajstić information content (AvgIpc) is 2.88. The van der Waals surface area contributed by atoms with Crippen molar-refractivity contribution in [3.05, 3.63) is 40.9 Å². The van der Waals surface area contributed by atoms with Gasteiger partial charge in [-0.1, -0.05) is 43.4 Å². The maximum absolute atomic E-state index is 12.2. The van der Waals surface area contributed by atoms with Crippen LogP contribution in [0.15, 0.2) is 35.2 Å². The van der Waals surface area contributed by atoms with Crippen LogP contribution in [0.5, 0.6) is 0 Å². The van der Waals surface area contributed by atoms with Gasteiger partial charge in [0.2, 0.25) is 5.91 Å². The van der Waals surface area contributed by atoms with Gasteiger partial charge in [-0.05, 0) is 24.0 Å². The molecule has 1 aromatic carbocycles. The number of anilines is 1. The Bertz CT molecular complexity index is 931. The molecule has 0 spiro atoms. The van der Waals surface area contributed by atoms with Gasteiger partial charge in [-0.2, -0.15) is 0 Å². The highest BCUT2D eigenvalue weighted by molar-refractivity contribution is 7.92. The standard InChI is InChI=1S/C17H18N2O4S2/c1-17(2)8-12-15(13(20)9-17)24-16(18-12)19-14(21)10-25(22,23)11-6-4-3-5-7-11/h3-7H,8-10H2,1-2H3,(H,18,19,21). The van der Waals surface area contributed by atoms with Crippen molar-refractivity contribution in [2.24, 2.45) is 5.41 Å². The lowest BCUT2D eigenvalue weighted by Gasteiger charge is -2.26. The topological polar surface area (TPSA) is 93.2 Å². The molecule has 6 nitrogen and oxygen atoms in total. The number of aromatic nitrogens is 1. The van der Waals surface area contributed by atoms with Crippen LogP contribution < -0.4 is 5.32 Å². The Morgan fingerprint density at radius 2 is 1.92 bits per heavy atom. The second-order valence-electron chi connectivity index (χ2n) is 6.86. The van der Waals surface area contributed by atoms with Crippen LogP contribution in [0.25, 0.3) is 0 Å². The van der Waals surface area contributed by atoms with E-state index in [9.17, 15) is 18.0 Å². The van der Waals surface area contributed by atoms with Gasteiger partial charge < -0.3 is 5.32 Å². The third-order valence-electron chi connectivity index (χ3n) is 3.91. The number of thiazole rings is 1. The first-order valence-corrected chi connectivity index (χ1v) is 10.2. The molecule has 0 radical (unpaired) electrons. The van der Waals surface area contributed by atoms with E-state index in [2.05, 4.69) is 10.3 Å². The lowest BCUT2D eigenvalue weighted by molar-refractivity contribution is -0.113. The summed E-state index contributed by atoms with van der Waals surface area (Å²) >= 11 is 1.11. The number of carbonyl (C=O) groups is 2. The molecule has 0 saturated carbocycles. The van der Waals surface area contributed by atoms with Crippen molar-refractivity contribution in [1.29, 1.82) is 0 Å². The third-order valence-corrected chi connectivity index (χ3v) is 6.59. The van der Waals surface area contributed by atoms with E-state index in [4.69, 9.17) is 0 Å². The smallest absolute Gasteiger partial charge is 0.241 e. The minimum atomic E-state index is -3.71. The van der Waals surface area contributed by atoms with E-state index in [1.54, 1.807) is 18.2 Å². The summed E-state index contributed by atoms with van der Waals surface area (Å²) in [4.78, 5) is 29.3. The van der Waals surface area contributed by atoms with Crippen molar-refractivity contribution in [3.8, 4) is 0 Å². The fraction of sp³-hybridized carbons (Fsp3) is 0.353. The summed E-state index contributed by atoms with van der Waals surface area (Å²) in [5.41, 5.74) is 0.517. The molecule has 1 aliphatic rings. The van der Waals surface area contributed by atoms with Crippen LogP contribution in [-0.4, -0.2) is 30.8 Å². The van der Waals surface area contributed by atoms with Gasteiger partial charge in [-0.3, -0.25) is 9.59 Å². The first kappa shape index (κ1) is 17.8. The molecule has 0 unspecified atom stereocenters. The fourth-order valence-electron chi connectivity index (χ4n) is 2.81. The Labute approximate surface area is 150 Å². The number of hydrogen-bond acceptors (Lipinski definition) is 6. The SMILES string of the molecule is CC1(C)CC(=O)c2sc(NC(=O)CS(=O)(=O)c3ccccc3)nc2C1. The molecular weight excluding hydrogens is 360 g/mol. The van der Waals surface area contributed by atoms with Crippen molar-refractivity contribution in [2.45, 2.75) is 31.6 Å². The van der Waals surface area contributed by atoms with E-state index in [1.807, 2.05) is 13.8 Å². The van der Waals surface area contributed by atoms with E-state index in [1.165, 1.54) is 12.1 Å². The third kappa shape index (κ3) is 3.96. The number of benzene rings is 1. The highest BCUT2D eigenvalue weighted by Crippen LogP contribution is 2.38. The van der Waals surface area contributed by atoms with E-state index in [0.717, 1.165) is 11.3 Å². The number of nitrogens with zero attached hydrogens (tertiary/aromatic N) is 1. The zero-order chi connectivity index (χ0) is 18.2. The molecule has 132 valence electrons. The molecule has 2 aromatic rings. The Hall–Kier alpha value is -2.06. The van der Waals surface area contributed by atoms with Crippen molar-refractivity contribution < 1.29 is 18.0 Å². The van der Waals surface area contributed by atoms with Gasteiger partial charge in [-0.15, -0.1) is 0 Å². The molecule has 0 atom stereocenters. The van der Waals surface area contributed by atoms with Crippen LogP contribution in [-0.2, 0) is 21.1 Å². The summed E-state index contributed by atoms with van der Waals surface area (Å²) in [6.45, 7) is 4.00. The number of ketones is 1. The van der Waals surface area contributed by atoms with Gasteiger partial charge in [0.1, 0.15) is 5.75 Å². The number of amides is 1. The molecule has 3 rings (SSSR count). The zero-order valence-corrected chi connectivity index (χ0v) is 15.5. The number of Topliss-reactive ketones (excluding diaryl/α,β-unsaturated/α-hetero) is 1. The molecule has 0 saturated heterocycles. The first-order chi connectivity index (χ1) is 11.7. The summed E-state index contributed by atoms with van der Waals surface area (Å²) in [6, 6.07) is 7.81. The normalized spacial score (nSPS) is 16.3. The number of rotatable bonds is 4. The highest BCUT2D eigenvalue weighted by Gasteiger charge is 2.34. The van der Waals surface area contributed by atoms with Gasteiger partial charge in [0.05, 0.1) is 15.5 Å². The molecular formula is C17H18N2O4S2. The van der Waals surface area contributed by atoms with Crippen molar-refractivity contribution >= 4 is 38.0 Å². The number of sulfone groups is 1. The van der Waals surface area contributed by atoms with Crippen molar-refractivity contribution in [2.75, 3.05) is 11.1 Å². The van der Waals surface area contributed by atoms with Crippen molar-refractivity contribution in [3.63, 3.8) is 0 Å². The van der Waals surface area contributed by atoms with Gasteiger partial charge in [0, 0.05) is 6.42 Å². The van der Waals surface area contributed by atoms with Crippen LogP contribution >= 0.6 is 11.3 Å². The highest BCUT2D eigenvalue weighted by atomic mass is 32.2. The van der Waals surface area contributed by atoms with Gasteiger partial charge >= 0.3 is 0 Å². The summed E-state index contributed by atoms with van der Waals surface area (Å²) in [5.74, 6) is -1.32. The number of carbonyl (C=O) groups excluding carboxylic acids is 2. The fourth-order valence-corrected chi connectivity index (χ4v) is 4.90. The Morgan fingerprint density at radius 1 is 1.24 bits per heavy atom. The second kappa shape index (κ2) is 6.34. The van der Waals surface area contributed by atoms with E-state index in [-0.39, 0.29) is 21.2 Å². The monoisotopic (exact) mass is 378 g/mol. The number of fused-ring (bicyclic) bond motifs is 1. The van der Waals surface area contributed by atoms with Crippen LogP contribution in [0.4, 0.5) is 5.13 Å². The van der Waals surface area contributed by atoms with E-state index < -0.39 is 21.5 Å². The maximum Gasteiger partial charge on any atom is 0.241 e. The predicted molar refractivity (Wildman–Crippen MR) is 95.7 cm³/mol. The summed E-state index contributed by atoms with van der Waals surface area (Å²) in [5, 5.41) is 2.78. The first-order valence-electron chi connectivity index (χ1n) is 7.77. The van der Waals surface area contributed by atoms with Gasteiger partial charge in [-0.25, -0.2) is 13.4 Å². The average molecular weight is 378 g/mol.